The maximum absolute atomic E-state index is 12.0. The smallest absolute Gasteiger partial charge is 0.335 e. The molecule has 7 heteroatoms. The predicted octanol–water partition coefficient (Wildman–Crippen LogP) is 3.69. The highest BCUT2D eigenvalue weighted by atomic mass is 35.5. The van der Waals surface area contributed by atoms with Gasteiger partial charge >= 0.3 is 12.0 Å². The van der Waals surface area contributed by atoms with Crippen LogP contribution in [-0.4, -0.2) is 24.2 Å². The van der Waals surface area contributed by atoms with Gasteiger partial charge in [-0.05, 0) is 36.4 Å². The summed E-state index contributed by atoms with van der Waals surface area (Å²) in [5.41, 5.74) is 0.805. The largest absolute Gasteiger partial charge is 0.495 e. The Kier molecular flexibility index (Phi) is 4.85. The van der Waals surface area contributed by atoms with E-state index >= 15 is 0 Å². The average Bonchev–Trinajstić information content (AvgIpc) is 2.47. The number of benzene rings is 2. The summed E-state index contributed by atoms with van der Waals surface area (Å²) in [5, 5.41) is 14.6. The zero-order chi connectivity index (χ0) is 16.1. The van der Waals surface area contributed by atoms with Crippen molar-refractivity contribution in [2.75, 3.05) is 17.7 Å². The van der Waals surface area contributed by atoms with Crippen LogP contribution in [0.3, 0.4) is 0 Å². The Morgan fingerprint density at radius 3 is 2.55 bits per heavy atom. The number of aromatic carboxylic acids is 1. The molecule has 0 atom stereocenters. The molecule has 0 radical (unpaired) electrons. The van der Waals surface area contributed by atoms with Gasteiger partial charge in [0, 0.05) is 10.7 Å². The molecule has 2 rings (SSSR count). The second kappa shape index (κ2) is 6.82. The number of carboxylic acid groups (broad SMARTS) is 1. The van der Waals surface area contributed by atoms with Gasteiger partial charge in [-0.25, -0.2) is 9.59 Å². The number of carbonyl (C=O) groups excluding carboxylic acids is 1. The first-order valence-electron chi connectivity index (χ1n) is 6.24. The Hall–Kier alpha value is -2.73. The quantitative estimate of drug-likeness (QED) is 0.801. The Morgan fingerprint density at radius 1 is 1.14 bits per heavy atom. The first-order chi connectivity index (χ1) is 10.5. The Labute approximate surface area is 131 Å². The first-order valence-corrected chi connectivity index (χ1v) is 6.62. The second-order valence-corrected chi connectivity index (χ2v) is 4.75. The van der Waals surface area contributed by atoms with Gasteiger partial charge in [-0.2, -0.15) is 0 Å². The highest BCUT2D eigenvalue weighted by Crippen LogP contribution is 2.26. The number of nitrogens with one attached hydrogen (secondary N) is 2. The van der Waals surface area contributed by atoms with Crippen molar-refractivity contribution < 1.29 is 19.4 Å². The lowest BCUT2D eigenvalue weighted by molar-refractivity contribution is 0.0697. The molecule has 0 aliphatic carbocycles. The minimum absolute atomic E-state index is 0.0406. The highest BCUT2D eigenvalue weighted by Gasteiger charge is 2.11. The molecule has 0 aliphatic heterocycles. The van der Waals surface area contributed by atoms with Crippen molar-refractivity contribution >= 4 is 35.0 Å². The van der Waals surface area contributed by atoms with Crippen LogP contribution < -0.4 is 15.4 Å². The van der Waals surface area contributed by atoms with Crippen molar-refractivity contribution in [1.29, 1.82) is 0 Å². The van der Waals surface area contributed by atoms with E-state index in [1.54, 1.807) is 24.3 Å². The summed E-state index contributed by atoms with van der Waals surface area (Å²) in [7, 11) is 1.43. The number of ether oxygens (including phenoxy) is 1. The molecule has 0 spiro atoms. The zero-order valence-corrected chi connectivity index (χ0v) is 12.3. The number of hydrogen-bond acceptors (Lipinski definition) is 3. The second-order valence-electron chi connectivity index (χ2n) is 4.31. The third-order valence-corrected chi connectivity index (χ3v) is 3.01. The van der Waals surface area contributed by atoms with Crippen LogP contribution in [-0.2, 0) is 0 Å². The molecule has 114 valence electrons. The van der Waals surface area contributed by atoms with E-state index in [4.69, 9.17) is 21.4 Å². The van der Waals surface area contributed by atoms with E-state index in [9.17, 15) is 9.59 Å². The van der Waals surface area contributed by atoms with Crippen LogP contribution in [0.15, 0.2) is 42.5 Å². The first kappa shape index (κ1) is 15.7. The molecule has 0 heterocycles. The molecule has 2 aromatic carbocycles. The third kappa shape index (κ3) is 3.89. The zero-order valence-electron chi connectivity index (χ0n) is 11.6. The molecular weight excluding hydrogens is 308 g/mol. The molecule has 2 amide bonds. The number of carbonyl (C=O) groups is 2. The van der Waals surface area contributed by atoms with E-state index in [0.717, 1.165) is 0 Å². The van der Waals surface area contributed by atoms with Crippen LogP contribution in [0, 0.1) is 0 Å². The van der Waals surface area contributed by atoms with E-state index in [-0.39, 0.29) is 11.3 Å². The van der Waals surface area contributed by atoms with Crippen molar-refractivity contribution in [2.45, 2.75) is 0 Å². The fourth-order valence-electron chi connectivity index (χ4n) is 1.79. The van der Waals surface area contributed by atoms with E-state index in [1.807, 2.05) is 0 Å². The topological polar surface area (TPSA) is 87.7 Å². The number of carboxylic acids is 1. The molecule has 0 saturated carbocycles. The molecule has 3 N–H and O–H groups in total. The summed E-state index contributed by atoms with van der Waals surface area (Å²) in [6.45, 7) is 0. The lowest BCUT2D eigenvalue weighted by Crippen LogP contribution is -2.20. The number of anilines is 2. The SMILES string of the molecule is COc1ccc(C(=O)O)cc1NC(=O)Nc1cccc(Cl)c1. The van der Waals surface area contributed by atoms with Gasteiger partial charge in [-0.1, -0.05) is 17.7 Å². The molecule has 0 bridgehead atoms. The third-order valence-electron chi connectivity index (χ3n) is 2.78. The van der Waals surface area contributed by atoms with E-state index in [2.05, 4.69) is 10.6 Å². The molecular formula is C15H13ClN2O4. The number of amides is 2. The van der Waals surface area contributed by atoms with E-state index < -0.39 is 12.0 Å². The lowest BCUT2D eigenvalue weighted by Gasteiger charge is -2.12. The van der Waals surface area contributed by atoms with Gasteiger partial charge in [-0.15, -0.1) is 0 Å². The molecule has 22 heavy (non-hydrogen) atoms. The van der Waals surface area contributed by atoms with Gasteiger partial charge in [0.2, 0.25) is 0 Å². The van der Waals surface area contributed by atoms with Gasteiger partial charge in [0.25, 0.3) is 0 Å². The van der Waals surface area contributed by atoms with Gasteiger partial charge in [0.05, 0.1) is 18.4 Å². The number of hydrogen-bond donors (Lipinski definition) is 3. The summed E-state index contributed by atoms with van der Waals surface area (Å²) >= 11 is 5.83. The summed E-state index contributed by atoms with van der Waals surface area (Å²) in [5.74, 6) is -0.743. The van der Waals surface area contributed by atoms with Crippen molar-refractivity contribution in [3.63, 3.8) is 0 Å². The van der Waals surface area contributed by atoms with E-state index in [1.165, 1.54) is 25.3 Å². The number of rotatable bonds is 4. The molecule has 0 fully saturated rings. The number of methoxy groups -OCH3 is 1. The predicted molar refractivity (Wildman–Crippen MR) is 84.0 cm³/mol. The highest BCUT2D eigenvalue weighted by molar-refractivity contribution is 6.30. The molecule has 2 aromatic rings. The molecule has 0 aliphatic rings. The van der Waals surface area contributed by atoms with Gasteiger partial charge < -0.3 is 20.5 Å². The fourth-order valence-corrected chi connectivity index (χ4v) is 1.98. The minimum atomic E-state index is -1.10. The normalized spacial score (nSPS) is 9.91. The van der Waals surface area contributed by atoms with Crippen LogP contribution in [0.1, 0.15) is 10.4 Å². The van der Waals surface area contributed by atoms with Crippen LogP contribution in [0.4, 0.5) is 16.2 Å². The van der Waals surface area contributed by atoms with Crippen LogP contribution in [0.25, 0.3) is 0 Å². The van der Waals surface area contributed by atoms with Gasteiger partial charge in [-0.3, -0.25) is 0 Å². The Balaban J connectivity index is 2.16. The summed E-state index contributed by atoms with van der Waals surface area (Å²) in [6.07, 6.45) is 0. The van der Waals surface area contributed by atoms with Gasteiger partial charge in [0.1, 0.15) is 5.75 Å². The number of urea groups is 1. The van der Waals surface area contributed by atoms with Crippen molar-refractivity contribution in [3.8, 4) is 5.75 Å². The maximum Gasteiger partial charge on any atom is 0.335 e. The van der Waals surface area contributed by atoms with Crippen LogP contribution in [0.5, 0.6) is 5.75 Å². The monoisotopic (exact) mass is 320 g/mol. The number of halogens is 1. The maximum atomic E-state index is 12.0. The van der Waals surface area contributed by atoms with Crippen LogP contribution in [0.2, 0.25) is 5.02 Å². The van der Waals surface area contributed by atoms with Crippen molar-refractivity contribution in [2.24, 2.45) is 0 Å². The Morgan fingerprint density at radius 2 is 1.91 bits per heavy atom. The van der Waals surface area contributed by atoms with E-state index in [0.29, 0.717) is 16.5 Å². The Bertz CT molecular complexity index is 718. The summed E-state index contributed by atoms with van der Waals surface area (Å²) in [4.78, 5) is 23.0. The molecule has 0 aromatic heterocycles. The summed E-state index contributed by atoms with van der Waals surface area (Å²) in [6, 6.07) is 10.3. The van der Waals surface area contributed by atoms with Crippen molar-refractivity contribution in [3.05, 3.63) is 53.1 Å². The molecule has 0 unspecified atom stereocenters. The average molecular weight is 321 g/mol. The molecule has 0 saturated heterocycles. The minimum Gasteiger partial charge on any atom is -0.495 e. The standard InChI is InChI=1S/C15H13ClN2O4/c1-22-13-6-5-9(14(19)20)7-12(13)18-15(21)17-11-4-2-3-10(16)8-11/h2-8H,1H3,(H,19,20)(H2,17,18,21). The lowest BCUT2D eigenvalue weighted by atomic mass is 10.2. The van der Waals surface area contributed by atoms with Crippen LogP contribution >= 0.6 is 11.6 Å². The molecule has 6 nitrogen and oxygen atoms in total. The van der Waals surface area contributed by atoms with Crippen molar-refractivity contribution in [1.82, 2.24) is 0 Å². The fraction of sp³-hybridized carbons (Fsp3) is 0.0667. The van der Waals surface area contributed by atoms with Gasteiger partial charge in [0.15, 0.2) is 0 Å². The summed E-state index contributed by atoms with van der Waals surface area (Å²) < 4.78 is 5.09.